The smallest absolute Gasteiger partial charge is 0.264 e. The zero-order valence-corrected chi connectivity index (χ0v) is 15.4. The van der Waals surface area contributed by atoms with Crippen LogP contribution in [0.1, 0.15) is 24.0 Å². The van der Waals surface area contributed by atoms with Gasteiger partial charge in [0, 0.05) is 13.1 Å². The van der Waals surface area contributed by atoms with E-state index < -0.39 is 0 Å². The van der Waals surface area contributed by atoms with E-state index in [1.165, 1.54) is 0 Å². The zero-order valence-electron chi connectivity index (χ0n) is 15.4. The van der Waals surface area contributed by atoms with Crippen molar-refractivity contribution >= 4 is 12.0 Å². The number of nitrogens with zero attached hydrogens (tertiary/aromatic N) is 2. The summed E-state index contributed by atoms with van der Waals surface area (Å²) >= 11 is 0. The summed E-state index contributed by atoms with van der Waals surface area (Å²) in [5.41, 5.74) is 1.92. The van der Waals surface area contributed by atoms with Gasteiger partial charge in [0.1, 0.15) is 18.2 Å². The van der Waals surface area contributed by atoms with Gasteiger partial charge in [0.25, 0.3) is 5.91 Å². The normalized spacial score (nSPS) is 13.9. The molecule has 2 aromatic rings. The second-order valence-electron chi connectivity index (χ2n) is 6.35. The fraction of sp³-hybridized carbons (Fsp3) is 0.273. The molecule has 1 fully saturated rings. The van der Waals surface area contributed by atoms with Gasteiger partial charge in [-0.15, -0.1) is 0 Å². The molecule has 3 rings (SSSR count). The lowest BCUT2D eigenvalue weighted by Crippen LogP contribution is -2.28. The van der Waals surface area contributed by atoms with Crippen LogP contribution in [0.2, 0.25) is 0 Å². The fourth-order valence-electron chi connectivity index (χ4n) is 3.03. The minimum Gasteiger partial charge on any atom is -0.493 e. The van der Waals surface area contributed by atoms with Crippen LogP contribution in [-0.2, 0) is 11.4 Å². The summed E-state index contributed by atoms with van der Waals surface area (Å²) in [6.45, 7) is 1.87. The first-order chi connectivity index (χ1) is 13.2. The summed E-state index contributed by atoms with van der Waals surface area (Å²) in [4.78, 5) is 14.2. The minimum absolute atomic E-state index is 0.136. The topological polar surface area (TPSA) is 62.6 Å². The van der Waals surface area contributed by atoms with Gasteiger partial charge >= 0.3 is 0 Å². The molecule has 1 heterocycles. The molecule has 2 aromatic carbocycles. The van der Waals surface area contributed by atoms with E-state index in [2.05, 4.69) is 0 Å². The highest BCUT2D eigenvalue weighted by atomic mass is 16.5. The Morgan fingerprint density at radius 2 is 1.89 bits per heavy atom. The van der Waals surface area contributed by atoms with Gasteiger partial charge in [-0.25, -0.2) is 0 Å². The van der Waals surface area contributed by atoms with Crippen molar-refractivity contribution in [2.45, 2.75) is 19.4 Å². The summed E-state index contributed by atoms with van der Waals surface area (Å²) in [6.07, 6.45) is 3.58. The van der Waals surface area contributed by atoms with Gasteiger partial charge in [-0.2, -0.15) is 5.26 Å². The largest absolute Gasteiger partial charge is 0.493 e. The van der Waals surface area contributed by atoms with Gasteiger partial charge in [0.15, 0.2) is 11.5 Å². The van der Waals surface area contributed by atoms with Crippen molar-refractivity contribution in [1.29, 1.82) is 5.26 Å². The van der Waals surface area contributed by atoms with E-state index in [0.29, 0.717) is 31.2 Å². The van der Waals surface area contributed by atoms with Crippen molar-refractivity contribution in [2.24, 2.45) is 0 Å². The molecule has 0 atom stereocenters. The Morgan fingerprint density at radius 3 is 2.56 bits per heavy atom. The highest BCUT2D eigenvalue weighted by molar-refractivity contribution is 6.01. The number of rotatable bonds is 6. The molecule has 138 valence electrons. The molecule has 0 saturated carbocycles. The molecule has 0 N–H and O–H groups in total. The maximum atomic E-state index is 12.4. The van der Waals surface area contributed by atoms with E-state index in [9.17, 15) is 10.1 Å². The van der Waals surface area contributed by atoms with E-state index in [1.807, 2.05) is 42.5 Å². The van der Waals surface area contributed by atoms with E-state index >= 15 is 0 Å². The predicted octanol–water partition coefficient (Wildman–Crippen LogP) is 3.80. The number of ether oxygens (including phenoxy) is 2. The third-order valence-electron chi connectivity index (χ3n) is 4.48. The summed E-state index contributed by atoms with van der Waals surface area (Å²) in [6, 6.07) is 17.3. The van der Waals surface area contributed by atoms with Gasteiger partial charge in [-0.05, 0) is 42.2 Å². The van der Waals surface area contributed by atoms with Crippen LogP contribution in [0.15, 0.2) is 54.1 Å². The molecule has 5 heteroatoms. The van der Waals surface area contributed by atoms with E-state index in [1.54, 1.807) is 30.2 Å². The van der Waals surface area contributed by atoms with Crippen molar-refractivity contribution in [1.82, 2.24) is 4.90 Å². The second kappa shape index (κ2) is 8.91. The van der Waals surface area contributed by atoms with Crippen molar-refractivity contribution < 1.29 is 14.3 Å². The Labute approximate surface area is 159 Å². The van der Waals surface area contributed by atoms with Gasteiger partial charge in [0.2, 0.25) is 0 Å². The van der Waals surface area contributed by atoms with E-state index in [4.69, 9.17) is 9.47 Å². The van der Waals surface area contributed by atoms with E-state index in [0.717, 1.165) is 24.0 Å². The quantitative estimate of drug-likeness (QED) is 0.579. The lowest BCUT2D eigenvalue weighted by molar-refractivity contribution is -0.125. The van der Waals surface area contributed by atoms with Crippen LogP contribution in [0.5, 0.6) is 11.5 Å². The maximum Gasteiger partial charge on any atom is 0.264 e. The average Bonchev–Trinajstić information content (AvgIpc) is 3.26. The molecule has 1 amide bonds. The first-order valence-electron chi connectivity index (χ1n) is 8.97. The van der Waals surface area contributed by atoms with Gasteiger partial charge in [-0.1, -0.05) is 36.4 Å². The molecule has 0 radical (unpaired) electrons. The number of hydrogen-bond acceptors (Lipinski definition) is 4. The van der Waals surface area contributed by atoms with Crippen molar-refractivity contribution in [3.63, 3.8) is 0 Å². The third kappa shape index (κ3) is 4.68. The standard InChI is InChI=1S/C22H22N2O3/c1-26-21-14-18(13-19(15-23)22(25)24-11-5-6-12-24)9-10-20(21)27-16-17-7-3-2-4-8-17/h2-4,7-10,13-14H,5-6,11-12,16H2,1H3/b19-13+. The number of likely N-dealkylation sites (tertiary alicyclic amines) is 1. The van der Waals surface area contributed by atoms with Crippen LogP contribution in [-0.4, -0.2) is 31.0 Å². The van der Waals surface area contributed by atoms with Crippen molar-refractivity contribution in [3.05, 3.63) is 65.2 Å². The predicted molar refractivity (Wildman–Crippen MR) is 103 cm³/mol. The Bertz CT molecular complexity index is 863. The highest BCUT2D eigenvalue weighted by Gasteiger charge is 2.21. The maximum absolute atomic E-state index is 12.4. The first kappa shape index (κ1) is 18.5. The summed E-state index contributed by atoms with van der Waals surface area (Å²) < 4.78 is 11.3. The molecule has 1 aliphatic heterocycles. The molecular formula is C22H22N2O3. The molecule has 0 aromatic heterocycles. The number of nitriles is 1. The number of amides is 1. The number of benzene rings is 2. The minimum atomic E-state index is -0.210. The lowest BCUT2D eigenvalue weighted by Gasteiger charge is -2.14. The van der Waals surface area contributed by atoms with Crippen molar-refractivity contribution in [2.75, 3.05) is 20.2 Å². The molecule has 0 spiro atoms. The van der Waals surface area contributed by atoms with Gasteiger partial charge in [-0.3, -0.25) is 4.79 Å². The lowest BCUT2D eigenvalue weighted by atomic mass is 10.1. The second-order valence-corrected chi connectivity index (χ2v) is 6.35. The SMILES string of the molecule is COc1cc(/C=C(\C#N)C(=O)N2CCCC2)ccc1OCc1ccccc1. The number of carbonyl (C=O) groups is 1. The molecule has 27 heavy (non-hydrogen) atoms. The average molecular weight is 362 g/mol. The summed E-state index contributed by atoms with van der Waals surface area (Å²) in [7, 11) is 1.57. The van der Waals surface area contributed by atoms with Crippen LogP contribution < -0.4 is 9.47 Å². The molecule has 5 nitrogen and oxygen atoms in total. The highest BCUT2D eigenvalue weighted by Crippen LogP contribution is 2.30. The fourth-order valence-corrected chi connectivity index (χ4v) is 3.03. The number of carbonyl (C=O) groups excluding carboxylic acids is 1. The number of methoxy groups -OCH3 is 1. The van der Waals surface area contributed by atoms with Crippen LogP contribution in [0.3, 0.4) is 0 Å². The van der Waals surface area contributed by atoms with Crippen LogP contribution in [0.25, 0.3) is 6.08 Å². The van der Waals surface area contributed by atoms with Gasteiger partial charge < -0.3 is 14.4 Å². The van der Waals surface area contributed by atoms with Crippen LogP contribution in [0, 0.1) is 11.3 Å². The van der Waals surface area contributed by atoms with Crippen LogP contribution >= 0.6 is 0 Å². The first-order valence-corrected chi connectivity index (χ1v) is 8.97. The van der Waals surface area contributed by atoms with Crippen LogP contribution in [0.4, 0.5) is 0 Å². The molecule has 1 aliphatic rings. The third-order valence-corrected chi connectivity index (χ3v) is 4.48. The summed E-state index contributed by atoms with van der Waals surface area (Å²) in [5.74, 6) is 0.965. The number of hydrogen-bond donors (Lipinski definition) is 0. The molecule has 0 unspecified atom stereocenters. The zero-order chi connectivity index (χ0) is 19.1. The Kier molecular flexibility index (Phi) is 6.11. The monoisotopic (exact) mass is 362 g/mol. The Hall–Kier alpha value is -3.26. The molecule has 0 bridgehead atoms. The Balaban J connectivity index is 1.76. The Morgan fingerprint density at radius 1 is 1.15 bits per heavy atom. The molecule has 0 aliphatic carbocycles. The van der Waals surface area contributed by atoms with Crippen molar-refractivity contribution in [3.8, 4) is 17.6 Å². The molecular weight excluding hydrogens is 340 g/mol. The van der Waals surface area contributed by atoms with Gasteiger partial charge in [0.05, 0.1) is 7.11 Å². The molecule has 1 saturated heterocycles. The summed E-state index contributed by atoms with van der Waals surface area (Å²) in [5, 5.41) is 9.39. The van der Waals surface area contributed by atoms with E-state index in [-0.39, 0.29) is 11.5 Å².